The minimum absolute atomic E-state index is 0.0615. The molecule has 2 aromatic heterocycles. The van der Waals surface area contributed by atoms with Crippen LogP contribution in [0.1, 0.15) is 58.8 Å². The number of hydrogen-bond acceptors (Lipinski definition) is 6. The summed E-state index contributed by atoms with van der Waals surface area (Å²) in [4.78, 5) is 52.5. The molecule has 0 aliphatic carbocycles. The molecule has 50 heavy (non-hydrogen) atoms. The van der Waals surface area contributed by atoms with Crippen LogP contribution in [0.15, 0.2) is 97.1 Å². The molecule has 256 valence electrons. The fourth-order valence-electron chi connectivity index (χ4n) is 5.90. The zero-order valence-electron chi connectivity index (χ0n) is 27.8. The molecule has 0 bridgehead atoms. The Balaban J connectivity index is 0.000000197. The van der Waals surface area contributed by atoms with Crippen LogP contribution >= 0.6 is 0 Å². The first-order chi connectivity index (χ1) is 24.2. The number of fused-ring (bicyclic) bond motifs is 2. The maximum absolute atomic E-state index is 12.4. The SMILES string of the molecule is CCOC(=O)CCc1c(C(=O)OCC)[nH]c2cc(-c3ccccc3)ccc12.O=C(O)CCc1c(C(=O)O)[nH]c2cc(-c3ccccc3)ccc12. The van der Waals surface area contributed by atoms with Gasteiger partial charge in [0, 0.05) is 34.6 Å². The van der Waals surface area contributed by atoms with Crippen molar-refractivity contribution in [3.63, 3.8) is 0 Å². The largest absolute Gasteiger partial charge is 0.481 e. The molecule has 0 amide bonds. The monoisotopic (exact) mass is 674 g/mol. The Morgan fingerprint density at radius 3 is 1.54 bits per heavy atom. The molecule has 0 aliphatic heterocycles. The number of carbonyl (C=O) groups is 4. The lowest BCUT2D eigenvalue weighted by Gasteiger charge is -2.05. The molecule has 0 unspecified atom stereocenters. The van der Waals surface area contributed by atoms with E-state index in [9.17, 15) is 24.3 Å². The highest BCUT2D eigenvalue weighted by atomic mass is 16.5. The Kier molecular flexibility index (Phi) is 11.5. The summed E-state index contributed by atoms with van der Waals surface area (Å²) < 4.78 is 10.2. The van der Waals surface area contributed by atoms with Gasteiger partial charge in [-0.25, -0.2) is 9.59 Å². The van der Waals surface area contributed by atoms with E-state index in [2.05, 4.69) is 9.97 Å². The van der Waals surface area contributed by atoms with Gasteiger partial charge in [0.2, 0.25) is 0 Å². The molecule has 0 saturated heterocycles. The highest BCUT2D eigenvalue weighted by Crippen LogP contribution is 2.31. The molecule has 0 saturated carbocycles. The van der Waals surface area contributed by atoms with Crippen molar-refractivity contribution in [3.8, 4) is 22.3 Å². The molecule has 0 atom stereocenters. The van der Waals surface area contributed by atoms with E-state index in [4.69, 9.17) is 14.6 Å². The molecule has 4 aromatic carbocycles. The lowest BCUT2D eigenvalue weighted by molar-refractivity contribution is -0.143. The maximum atomic E-state index is 12.4. The number of aromatic amines is 2. The van der Waals surface area contributed by atoms with Gasteiger partial charge in [-0.1, -0.05) is 84.9 Å². The van der Waals surface area contributed by atoms with Crippen LogP contribution in [-0.4, -0.2) is 57.3 Å². The number of aromatic carboxylic acids is 1. The summed E-state index contributed by atoms with van der Waals surface area (Å²) in [5, 5.41) is 19.9. The summed E-state index contributed by atoms with van der Waals surface area (Å²) in [5.41, 5.74) is 7.49. The third-order valence-corrected chi connectivity index (χ3v) is 8.19. The van der Waals surface area contributed by atoms with E-state index in [1.807, 2.05) is 97.1 Å². The number of aliphatic carboxylic acids is 1. The molecule has 0 aliphatic rings. The van der Waals surface area contributed by atoms with Crippen molar-refractivity contribution >= 4 is 45.7 Å². The molecule has 6 rings (SSSR count). The minimum Gasteiger partial charge on any atom is -0.481 e. The van der Waals surface area contributed by atoms with Crippen molar-refractivity contribution in [2.24, 2.45) is 0 Å². The van der Waals surface area contributed by atoms with Gasteiger partial charge in [0.05, 0.1) is 13.2 Å². The number of esters is 2. The van der Waals surface area contributed by atoms with E-state index in [0.717, 1.165) is 44.1 Å². The summed E-state index contributed by atoms with van der Waals surface area (Å²) in [7, 11) is 0. The molecular weight excluding hydrogens is 636 g/mol. The molecule has 0 fully saturated rings. The van der Waals surface area contributed by atoms with Crippen LogP contribution in [0, 0.1) is 0 Å². The number of rotatable bonds is 12. The number of carboxylic acid groups (broad SMARTS) is 2. The van der Waals surface area contributed by atoms with Crippen molar-refractivity contribution in [2.45, 2.75) is 39.5 Å². The molecule has 4 N–H and O–H groups in total. The second kappa shape index (κ2) is 16.3. The van der Waals surface area contributed by atoms with Gasteiger partial charge in [0.25, 0.3) is 0 Å². The van der Waals surface area contributed by atoms with Gasteiger partial charge in [-0.3, -0.25) is 9.59 Å². The second-order valence-electron chi connectivity index (χ2n) is 11.4. The van der Waals surface area contributed by atoms with Crippen LogP contribution in [0.3, 0.4) is 0 Å². The molecule has 10 heteroatoms. The van der Waals surface area contributed by atoms with Crippen molar-refractivity contribution in [1.82, 2.24) is 9.97 Å². The van der Waals surface area contributed by atoms with Gasteiger partial charge in [0.15, 0.2) is 0 Å². The highest BCUT2D eigenvalue weighted by molar-refractivity contribution is 6.00. The maximum Gasteiger partial charge on any atom is 0.355 e. The molecule has 0 radical (unpaired) electrons. The molecule has 2 heterocycles. The summed E-state index contributed by atoms with van der Waals surface area (Å²) in [5.74, 6) is -2.71. The Bertz CT molecular complexity index is 2130. The number of aromatic nitrogens is 2. The lowest BCUT2D eigenvalue weighted by atomic mass is 10.0. The standard InChI is InChI=1S/C22H23NO4.C18H15NO4/c1-3-26-20(24)13-12-18-17-11-10-16(15-8-6-5-7-9-15)14-19(17)23-21(18)22(25)27-4-2;20-16(21)9-8-14-13-7-6-12(11-4-2-1-3-5-11)10-15(13)19-17(14)18(22)23/h5-11,14,23H,3-4,12-13H2,1-2H3;1-7,10,19H,8-9H2,(H,20,21)(H,22,23). The van der Waals surface area contributed by atoms with E-state index in [1.165, 1.54) is 0 Å². The highest BCUT2D eigenvalue weighted by Gasteiger charge is 2.21. The lowest BCUT2D eigenvalue weighted by Crippen LogP contribution is -2.10. The number of H-pyrrole nitrogens is 2. The van der Waals surface area contributed by atoms with E-state index in [0.29, 0.717) is 36.4 Å². The number of ether oxygens (including phenoxy) is 2. The number of nitrogens with one attached hydrogen (secondary N) is 2. The van der Waals surface area contributed by atoms with Gasteiger partial charge in [0.1, 0.15) is 11.4 Å². The van der Waals surface area contributed by atoms with E-state index in [1.54, 1.807) is 13.8 Å². The third-order valence-electron chi connectivity index (χ3n) is 8.19. The van der Waals surface area contributed by atoms with E-state index >= 15 is 0 Å². The fraction of sp³-hybridized carbons (Fsp3) is 0.200. The summed E-state index contributed by atoms with van der Waals surface area (Å²) in [6.07, 6.45) is 0.709. The first-order valence-corrected chi connectivity index (χ1v) is 16.4. The number of aryl methyl sites for hydroxylation is 2. The minimum atomic E-state index is -1.08. The van der Waals surface area contributed by atoms with E-state index < -0.39 is 17.9 Å². The van der Waals surface area contributed by atoms with Gasteiger partial charge in [-0.15, -0.1) is 0 Å². The van der Waals surface area contributed by atoms with Crippen molar-refractivity contribution < 1.29 is 38.9 Å². The number of benzene rings is 4. The summed E-state index contributed by atoms with van der Waals surface area (Å²) in [6.45, 7) is 4.18. The Hall–Kier alpha value is -6.16. The zero-order chi connectivity index (χ0) is 35.6. The molecule has 0 spiro atoms. The van der Waals surface area contributed by atoms with Gasteiger partial charge in [-0.2, -0.15) is 0 Å². The topological polar surface area (TPSA) is 159 Å². The predicted octanol–water partition coefficient (Wildman–Crippen LogP) is 8.06. The molecule has 10 nitrogen and oxygen atoms in total. The van der Waals surface area contributed by atoms with Gasteiger partial charge < -0.3 is 29.7 Å². The number of carboxylic acids is 2. The van der Waals surface area contributed by atoms with Crippen LogP contribution in [0.4, 0.5) is 0 Å². The van der Waals surface area contributed by atoms with Crippen LogP contribution in [-0.2, 0) is 31.9 Å². The number of hydrogen-bond donors (Lipinski definition) is 4. The predicted molar refractivity (Wildman–Crippen MR) is 191 cm³/mol. The van der Waals surface area contributed by atoms with Gasteiger partial charge in [-0.05, 0) is 72.2 Å². The van der Waals surface area contributed by atoms with Crippen molar-refractivity contribution in [1.29, 1.82) is 0 Å². The van der Waals surface area contributed by atoms with Crippen LogP contribution < -0.4 is 0 Å². The summed E-state index contributed by atoms with van der Waals surface area (Å²) in [6, 6.07) is 31.5. The average molecular weight is 675 g/mol. The van der Waals surface area contributed by atoms with E-state index in [-0.39, 0.29) is 30.9 Å². The quantitative estimate of drug-likeness (QED) is 0.0949. The van der Waals surface area contributed by atoms with Crippen LogP contribution in [0.2, 0.25) is 0 Å². The zero-order valence-corrected chi connectivity index (χ0v) is 27.8. The Labute approximate surface area is 288 Å². The molecular formula is C40H38N2O8. The van der Waals surface area contributed by atoms with Crippen LogP contribution in [0.5, 0.6) is 0 Å². The van der Waals surface area contributed by atoms with Gasteiger partial charge >= 0.3 is 23.9 Å². The first-order valence-electron chi connectivity index (χ1n) is 16.4. The second-order valence-corrected chi connectivity index (χ2v) is 11.4. The van der Waals surface area contributed by atoms with Crippen LogP contribution in [0.25, 0.3) is 44.1 Å². The smallest absolute Gasteiger partial charge is 0.355 e. The normalized spacial score (nSPS) is 10.8. The molecule has 6 aromatic rings. The Morgan fingerprint density at radius 2 is 1.06 bits per heavy atom. The fourth-order valence-corrected chi connectivity index (χ4v) is 5.90. The number of carbonyl (C=O) groups excluding carboxylic acids is 2. The Morgan fingerprint density at radius 1 is 0.580 bits per heavy atom. The van der Waals surface area contributed by atoms with Crippen molar-refractivity contribution in [2.75, 3.05) is 13.2 Å². The first kappa shape index (κ1) is 35.2. The average Bonchev–Trinajstić information content (AvgIpc) is 3.69. The van der Waals surface area contributed by atoms with Crippen molar-refractivity contribution in [3.05, 3.63) is 120 Å². The third kappa shape index (κ3) is 8.27. The summed E-state index contributed by atoms with van der Waals surface area (Å²) >= 11 is 0.